The molecule has 0 unspecified atom stereocenters. The number of hydrogen-bond donors (Lipinski definition) is 2. The van der Waals surface area contributed by atoms with Crippen molar-refractivity contribution >= 4 is 21.5 Å². The van der Waals surface area contributed by atoms with E-state index in [4.69, 9.17) is 5.73 Å². The summed E-state index contributed by atoms with van der Waals surface area (Å²) in [5.74, 6) is 0.845. The molecular formula is C16H21N5O2S. The number of hydrogen-bond acceptors (Lipinski definition) is 6. The van der Waals surface area contributed by atoms with Crippen LogP contribution in [0.25, 0.3) is 11.3 Å². The van der Waals surface area contributed by atoms with E-state index in [1.165, 1.54) is 0 Å². The molecule has 128 valence electrons. The lowest BCUT2D eigenvalue weighted by atomic mass is 10.1. The average Bonchev–Trinajstić information content (AvgIpc) is 2.55. The van der Waals surface area contributed by atoms with Crippen molar-refractivity contribution < 1.29 is 8.42 Å². The fourth-order valence-electron chi connectivity index (χ4n) is 2.70. The Bertz CT molecular complexity index is 799. The van der Waals surface area contributed by atoms with E-state index in [0.717, 1.165) is 49.3 Å². The first-order chi connectivity index (χ1) is 11.4. The summed E-state index contributed by atoms with van der Waals surface area (Å²) < 4.78 is 24.9. The van der Waals surface area contributed by atoms with Crippen molar-refractivity contribution in [2.24, 2.45) is 5.73 Å². The van der Waals surface area contributed by atoms with Crippen LogP contribution in [0.5, 0.6) is 0 Å². The number of nitrogens with zero attached hydrogens (tertiary/aromatic N) is 3. The predicted molar refractivity (Wildman–Crippen MR) is 95.4 cm³/mol. The lowest BCUT2D eigenvalue weighted by molar-refractivity contribution is 0.498. The third-order valence-electron chi connectivity index (χ3n) is 3.97. The lowest BCUT2D eigenvalue weighted by Crippen LogP contribution is -2.40. The van der Waals surface area contributed by atoms with Gasteiger partial charge in [0, 0.05) is 30.4 Å². The van der Waals surface area contributed by atoms with Crippen LogP contribution in [0.15, 0.2) is 36.7 Å². The minimum Gasteiger partial charge on any atom is -0.355 e. The van der Waals surface area contributed by atoms with Crippen molar-refractivity contribution in [3.8, 4) is 11.3 Å². The number of piperidine rings is 1. The molecule has 0 atom stereocenters. The third-order valence-corrected chi connectivity index (χ3v) is 4.58. The van der Waals surface area contributed by atoms with Crippen LogP contribution in [0.2, 0.25) is 0 Å². The smallest absolute Gasteiger partial charge is 0.229 e. The predicted octanol–water partition coefficient (Wildman–Crippen LogP) is 1.44. The molecule has 0 radical (unpaired) electrons. The van der Waals surface area contributed by atoms with Crippen LogP contribution in [-0.2, 0) is 10.0 Å². The molecule has 1 fully saturated rings. The first kappa shape index (κ1) is 16.7. The summed E-state index contributed by atoms with van der Waals surface area (Å²) in [4.78, 5) is 11.2. The van der Waals surface area contributed by atoms with Crippen LogP contribution < -0.4 is 15.4 Å². The second-order valence-electron chi connectivity index (χ2n) is 6.04. The van der Waals surface area contributed by atoms with Crippen molar-refractivity contribution in [3.05, 3.63) is 36.7 Å². The zero-order chi connectivity index (χ0) is 17.2. The molecule has 1 aromatic carbocycles. The summed E-state index contributed by atoms with van der Waals surface area (Å²) in [6, 6.07) is 7.35. The molecule has 0 spiro atoms. The van der Waals surface area contributed by atoms with Gasteiger partial charge in [0.05, 0.1) is 24.3 Å². The molecule has 2 aromatic rings. The highest BCUT2D eigenvalue weighted by molar-refractivity contribution is 7.92. The number of sulfonamides is 1. The van der Waals surface area contributed by atoms with Crippen LogP contribution in [0.3, 0.4) is 0 Å². The van der Waals surface area contributed by atoms with Crippen LogP contribution >= 0.6 is 0 Å². The Morgan fingerprint density at radius 1 is 1.17 bits per heavy atom. The summed E-state index contributed by atoms with van der Waals surface area (Å²) >= 11 is 0. The van der Waals surface area contributed by atoms with Crippen molar-refractivity contribution in [1.29, 1.82) is 0 Å². The summed E-state index contributed by atoms with van der Waals surface area (Å²) in [5, 5.41) is 0. The van der Waals surface area contributed by atoms with Gasteiger partial charge in [0.2, 0.25) is 10.0 Å². The maximum absolute atomic E-state index is 11.3. The van der Waals surface area contributed by atoms with Gasteiger partial charge in [-0.3, -0.25) is 9.71 Å². The van der Waals surface area contributed by atoms with E-state index in [1.807, 2.05) is 12.1 Å². The molecule has 1 aliphatic heterocycles. The largest absolute Gasteiger partial charge is 0.355 e. The lowest BCUT2D eigenvalue weighted by Gasteiger charge is -2.30. The Morgan fingerprint density at radius 2 is 1.83 bits per heavy atom. The Balaban J connectivity index is 1.78. The third kappa shape index (κ3) is 4.21. The van der Waals surface area contributed by atoms with Crippen molar-refractivity contribution in [2.45, 2.75) is 18.9 Å². The topological polar surface area (TPSA) is 101 Å². The van der Waals surface area contributed by atoms with E-state index < -0.39 is 10.0 Å². The summed E-state index contributed by atoms with van der Waals surface area (Å²) in [7, 11) is -3.28. The van der Waals surface area contributed by atoms with Gasteiger partial charge in [0.25, 0.3) is 0 Å². The second-order valence-corrected chi connectivity index (χ2v) is 7.79. The van der Waals surface area contributed by atoms with Gasteiger partial charge >= 0.3 is 0 Å². The molecule has 3 rings (SSSR count). The number of nitrogens with two attached hydrogens (primary N) is 1. The molecule has 0 aliphatic carbocycles. The molecule has 2 heterocycles. The Labute approximate surface area is 142 Å². The molecule has 0 saturated carbocycles. The standard InChI is InChI=1S/C16H21N5O2S/c1-24(22,23)20-14-4-2-12(3-5-14)15-10-18-11-16(19-15)21-8-6-13(17)7-9-21/h2-5,10-11,13,20H,6-9,17H2,1H3. The number of benzene rings is 1. The van der Waals surface area contributed by atoms with Crippen molar-refractivity contribution in [1.82, 2.24) is 9.97 Å². The number of rotatable bonds is 4. The molecule has 0 bridgehead atoms. The average molecular weight is 347 g/mol. The SMILES string of the molecule is CS(=O)(=O)Nc1ccc(-c2cncc(N3CCC(N)CC3)n2)cc1. The number of aromatic nitrogens is 2. The highest BCUT2D eigenvalue weighted by atomic mass is 32.2. The van der Waals surface area contributed by atoms with Gasteiger partial charge in [-0.25, -0.2) is 13.4 Å². The van der Waals surface area contributed by atoms with E-state index in [1.54, 1.807) is 24.5 Å². The molecule has 1 aliphatic rings. The number of anilines is 2. The minimum absolute atomic E-state index is 0.271. The van der Waals surface area contributed by atoms with E-state index in [9.17, 15) is 8.42 Å². The van der Waals surface area contributed by atoms with E-state index in [2.05, 4.69) is 19.6 Å². The van der Waals surface area contributed by atoms with Gasteiger partial charge in [0.15, 0.2) is 0 Å². The molecule has 7 nitrogen and oxygen atoms in total. The number of nitrogens with one attached hydrogen (secondary N) is 1. The van der Waals surface area contributed by atoms with Crippen LogP contribution in [0.4, 0.5) is 11.5 Å². The zero-order valence-corrected chi connectivity index (χ0v) is 14.3. The highest BCUT2D eigenvalue weighted by Gasteiger charge is 2.17. The van der Waals surface area contributed by atoms with Crippen LogP contribution in [-0.4, -0.2) is 43.8 Å². The maximum Gasteiger partial charge on any atom is 0.229 e. The summed E-state index contributed by atoms with van der Waals surface area (Å²) in [6.07, 6.45) is 6.51. The van der Waals surface area contributed by atoms with E-state index in [-0.39, 0.29) is 6.04 Å². The van der Waals surface area contributed by atoms with Gasteiger partial charge < -0.3 is 10.6 Å². The van der Waals surface area contributed by atoms with Gasteiger partial charge in [-0.15, -0.1) is 0 Å². The second kappa shape index (κ2) is 6.74. The molecule has 3 N–H and O–H groups in total. The van der Waals surface area contributed by atoms with E-state index in [0.29, 0.717) is 5.69 Å². The van der Waals surface area contributed by atoms with Gasteiger partial charge in [-0.05, 0) is 25.0 Å². The zero-order valence-electron chi connectivity index (χ0n) is 13.5. The van der Waals surface area contributed by atoms with Crippen molar-refractivity contribution in [3.63, 3.8) is 0 Å². The van der Waals surface area contributed by atoms with Gasteiger partial charge in [-0.2, -0.15) is 0 Å². The Hall–Kier alpha value is -2.19. The van der Waals surface area contributed by atoms with Crippen molar-refractivity contribution in [2.75, 3.05) is 29.0 Å². The van der Waals surface area contributed by atoms with Crippen LogP contribution in [0, 0.1) is 0 Å². The fourth-order valence-corrected chi connectivity index (χ4v) is 3.26. The fraction of sp³-hybridized carbons (Fsp3) is 0.375. The monoisotopic (exact) mass is 347 g/mol. The summed E-state index contributed by atoms with van der Waals surface area (Å²) in [5.41, 5.74) is 8.11. The molecular weight excluding hydrogens is 326 g/mol. The van der Waals surface area contributed by atoms with Gasteiger partial charge in [0.1, 0.15) is 5.82 Å². The molecule has 24 heavy (non-hydrogen) atoms. The molecule has 0 amide bonds. The summed E-state index contributed by atoms with van der Waals surface area (Å²) in [6.45, 7) is 1.77. The normalized spacial score (nSPS) is 16.2. The Morgan fingerprint density at radius 3 is 2.46 bits per heavy atom. The molecule has 1 saturated heterocycles. The Kier molecular flexibility index (Phi) is 4.68. The maximum atomic E-state index is 11.3. The molecule has 8 heteroatoms. The quantitative estimate of drug-likeness (QED) is 0.868. The first-order valence-electron chi connectivity index (χ1n) is 7.81. The minimum atomic E-state index is -3.28. The highest BCUT2D eigenvalue weighted by Crippen LogP contribution is 2.23. The molecule has 1 aromatic heterocycles. The van der Waals surface area contributed by atoms with Crippen LogP contribution in [0.1, 0.15) is 12.8 Å². The van der Waals surface area contributed by atoms with E-state index >= 15 is 0 Å². The first-order valence-corrected chi connectivity index (χ1v) is 9.71. The van der Waals surface area contributed by atoms with Gasteiger partial charge in [-0.1, -0.05) is 12.1 Å².